The van der Waals surface area contributed by atoms with Crippen molar-refractivity contribution in [3.8, 4) is 0 Å². The predicted molar refractivity (Wildman–Crippen MR) is 86.3 cm³/mol. The van der Waals surface area contributed by atoms with E-state index < -0.39 is 0 Å². The van der Waals surface area contributed by atoms with Crippen LogP contribution in [0.2, 0.25) is 0 Å². The van der Waals surface area contributed by atoms with E-state index in [4.69, 9.17) is 0 Å². The van der Waals surface area contributed by atoms with Crippen LogP contribution in [0, 0.1) is 0 Å². The fourth-order valence-corrected chi connectivity index (χ4v) is 3.69. The van der Waals surface area contributed by atoms with Crippen molar-refractivity contribution >= 4 is 5.91 Å². The van der Waals surface area contributed by atoms with Crippen LogP contribution >= 0.6 is 0 Å². The highest BCUT2D eigenvalue weighted by molar-refractivity contribution is 5.94. The van der Waals surface area contributed by atoms with Gasteiger partial charge in [0.15, 0.2) is 0 Å². The number of nitrogens with zero attached hydrogens (tertiary/aromatic N) is 1. The summed E-state index contributed by atoms with van der Waals surface area (Å²) >= 11 is 0. The molecule has 0 aromatic carbocycles. The zero-order valence-electron chi connectivity index (χ0n) is 13.3. The maximum atomic E-state index is 12.4. The number of H-pyrrole nitrogens is 1. The number of amides is 1. The lowest BCUT2D eigenvalue weighted by atomic mass is 9.95. The molecule has 3 rings (SSSR count). The van der Waals surface area contributed by atoms with Gasteiger partial charge in [0.2, 0.25) is 0 Å². The minimum Gasteiger partial charge on any atom is -0.350 e. The van der Waals surface area contributed by atoms with Gasteiger partial charge in [0, 0.05) is 18.3 Å². The monoisotopic (exact) mass is 303 g/mol. The first-order valence-corrected chi connectivity index (χ1v) is 8.46. The van der Waals surface area contributed by atoms with Crippen LogP contribution in [-0.2, 0) is 12.8 Å². The van der Waals surface area contributed by atoms with Gasteiger partial charge in [-0.15, -0.1) is 0 Å². The number of hydrogen-bond donors (Lipinski definition) is 2. The first kappa shape index (κ1) is 15.3. The predicted octanol–water partition coefficient (Wildman–Crippen LogP) is 1.47. The minimum absolute atomic E-state index is 0.238. The second-order valence-corrected chi connectivity index (χ2v) is 6.36. The Hall–Kier alpha value is -1.62. The van der Waals surface area contributed by atoms with Crippen LogP contribution in [0.4, 0.5) is 0 Å². The number of hydrogen-bond acceptors (Lipinski definition) is 3. The van der Waals surface area contributed by atoms with Crippen LogP contribution in [-0.4, -0.2) is 41.5 Å². The molecule has 0 radical (unpaired) electrons. The average Bonchev–Trinajstić information content (AvgIpc) is 2.99. The van der Waals surface area contributed by atoms with Crippen LogP contribution in [0.5, 0.6) is 0 Å². The number of pyridine rings is 1. The van der Waals surface area contributed by atoms with E-state index in [2.05, 4.69) is 22.1 Å². The third-order valence-electron chi connectivity index (χ3n) is 4.99. The summed E-state index contributed by atoms with van der Waals surface area (Å²) in [6.07, 6.45) is 6.43. The molecular weight excluding hydrogens is 278 g/mol. The summed E-state index contributed by atoms with van der Waals surface area (Å²) < 4.78 is 0. The molecule has 22 heavy (non-hydrogen) atoms. The summed E-state index contributed by atoms with van der Waals surface area (Å²) in [6, 6.07) is 2.21. The lowest BCUT2D eigenvalue weighted by Crippen LogP contribution is -2.41. The Morgan fingerprint density at radius 3 is 3.00 bits per heavy atom. The molecule has 120 valence electrons. The highest BCUT2D eigenvalue weighted by Crippen LogP contribution is 2.19. The van der Waals surface area contributed by atoms with Crippen LogP contribution in [0.15, 0.2) is 10.9 Å². The number of fused-ring (bicyclic) bond motifs is 1. The van der Waals surface area contributed by atoms with Crippen molar-refractivity contribution in [3.63, 3.8) is 0 Å². The largest absolute Gasteiger partial charge is 0.350 e. The van der Waals surface area contributed by atoms with Crippen LogP contribution in [0.3, 0.4) is 0 Å². The topological polar surface area (TPSA) is 65.2 Å². The summed E-state index contributed by atoms with van der Waals surface area (Å²) in [5, 5.41) is 2.95. The zero-order chi connectivity index (χ0) is 15.5. The van der Waals surface area contributed by atoms with E-state index >= 15 is 0 Å². The minimum atomic E-state index is -0.253. The van der Waals surface area contributed by atoms with Gasteiger partial charge in [-0.25, -0.2) is 0 Å². The third kappa shape index (κ3) is 3.09. The molecule has 0 spiro atoms. The molecule has 1 aliphatic heterocycles. The number of likely N-dealkylation sites (N-methyl/N-ethyl adjacent to an activating group) is 1. The molecule has 1 saturated heterocycles. The third-order valence-corrected chi connectivity index (χ3v) is 4.99. The van der Waals surface area contributed by atoms with Gasteiger partial charge in [-0.05, 0) is 63.2 Å². The molecule has 1 aromatic rings. The second kappa shape index (κ2) is 6.65. The molecule has 1 aliphatic carbocycles. The molecule has 2 N–H and O–H groups in total. The van der Waals surface area contributed by atoms with Gasteiger partial charge in [-0.3, -0.25) is 14.5 Å². The van der Waals surface area contributed by atoms with Gasteiger partial charge in [-0.1, -0.05) is 6.92 Å². The molecule has 2 aliphatic rings. The number of aromatic amines is 1. The van der Waals surface area contributed by atoms with E-state index in [0.29, 0.717) is 12.6 Å². The number of rotatable bonds is 4. The average molecular weight is 303 g/mol. The Labute approximate surface area is 131 Å². The molecule has 1 atom stereocenters. The fraction of sp³-hybridized carbons (Fsp3) is 0.647. The Morgan fingerprint density at radius 1 is 1.36 bits per heavy atom. The normalized spacial score (nSPS) is 21.6. The maximum absolute atomic E-state index is 12.4. The van der Waals surface area contributed by atoms with Crippen molar-refractivity contribution in [1.29, 1.82) is 0 Å². The Balaban J connectivity index is 1.68. The molecule has 2 heterocycles. The maximum Gasteiger partial charge on any atom is 0.261 e. The number of aryl methyl sites for hydroxylation is 2. The van der Waals surface area contributed by atoms with Crippen LogP contribution in [0.25, 0.3) is 0 Å². The van der Waals surface area contributed by atoms with Crippen LogP contribution < -0.4 is 10.9 Å². The van der Waals surface area contributed by atoms with Gasteiger partial charge >= 0.3 is 0 Å². The number of likely N-dealkylation sites (tertiary alicyclic amines) is 1. The molecule has 1 aromatic heterocycles. The number of carbonyl (C=O) groups excluding carboxylic acids is 1. The first-order chi connectivity index (χ1) is 10.7. The van der Waals surface area contributed by atoms with E-state index in [-0.39, 0.29) is 17.0 Å². The molecule has 1 unspecified atom stereocenters. The molecular formula is C17H25N3O2. The van der Waals surface area contributed by atoms with Crippen molar-refractivity contribution in [2.24, 2.45) is 0 Å². The van der Waals surface area contributed by atoms with Crippen molar-refractivity contribution in [2.75, 3.05) is 19.6 Å². The summed E-state index contributed by atoms with van der Waals surface area (Å²) in [6.45, 7) is 4.90. The SMILES string of the molecule is CCN1CCCC1CNC(=O)c1cc2c([nH]c1=O)CCCC2. The van der Waals surface area contributed by atoms with Gasteiger partial charge < -0.3 is 10.3 Å². The van der Waals surface area contributed by atoms with E-state index in [9.17, 15) is 9.59 Å². The lowest BCUT2D eigenvalue weighted by Gasteiger charge is -2.23. The summed E-state index contributed by atoms with van der Waals surface area (Å²) in [4.78, 5) is 29.8. The van der Waals surface area contributed by atoms with Crippen molar-refractivity contribution in [1.82, 2.24) is 15.2 Å². The molecule has 1 fully saturated rings. The highest BCUT2D eigenvalue weighted by Gasteiger charge is 2.24. The standard InChI is InChI=1S/C17H25N3O2/c1-2-20-9-5-7-13(20)11-18-16(21)14-10-12-6-3-4-8-15(12)19-17(14)22/h10,13H,2-9,11H2,1H3,(H,18,21)(H,19,22). The van der Waals surface area contributed by atoms with Gasteiger partial charge in [-0.2, -0.15) is 0 Å². The summed E-state index contributed by atoms with van der Waals surface area (Å²) in [5.41, 5.74) is 2.16. The van der Waals surface area contributed by atoms with Crippen molar-refractivity contribution < 1.29 is 4.79 Å². The van der Waals surface area contributed by atoms with Crippen molar-refractivity contribution in [3.05, 3.63) is 33.2 Å². The fourth-order valence-electron chi connectivity index (χ4n) is 3.69. The van der Waals surface area contributed by atoms with E-state index in [0.717, 1.165) is 56.5 Å². The quantitative estimate of drug-likeness (QED) is 0.885. The van der Waals surface area contributed by atoms with E-state index in [1.54, 1.807) is 6.07 Å². The summed E-state index contributed by atoms with van der Waals surface area (Å²) in [5.74, 6) is -0.238. The molecule has 0 bridgehead atoms. The molecule has 5 heteroatoms. The molecule has 1 amide bonds. The molecule has 5 nitrogen and oxygen atoms in total. The number of nitrogens with one attached hydrogen (secondary N) is 2. The van der Waals surface area contributed by atoms with Crippen molar-refractivity contribution in [2.45, 2.75) is 51.5 Å². The Morgan fingerprint density at radius 2 is 2.18 bits per heavy atom. The number of carbonyl (C=O) groups is 1. The van der Waals surface area contributed by atoms with E-state index in [1.807, 2.05) is 0 Å². The van der Waals surface area contributed by atoms with Gasteiger partial charge in [0.1, 0.15) is 5.56 Å². The van der Waals surface area contributed by atoms with Crippen LogP contribution in [0.1, 0.15) is 54.2 Å². The highest BCUT2D eigenvalue weighted by atomic mass is 16.2. The number of aromatic nitrogens is 1. The Bertz CT molecular complexity index is 608. The molecule has 0 saturated carbocycles. The lowest BCUT2D eigenvalue weighted by molar-refractivity contribution is 0.0939. The summed E-state index contributed by atoms with van der Waals surface area (Å²) in [7, 11) is 0. The second-order valence-electron chi connectivity index (χ2n) is 6.36. The Kier molecular flexibility index (Phi) is 4.62. The van der Waals surface area contributed by atoms with Gasteiger partial charge in [0.25, 0.3) is 11.5 Å². The zero-order valence-corrected chi connectivity index (χ0v) is 13.3. The van der Waals surface area contributed by atoms with E-state index in [1.165, 1.54) is 6.42 Å². The smallest absolute Gasteiger partial charge is 0.261 e. The first-order valence-electron chi connectivity index (χ1n) is 8.46. The van der Waals surface area contributed by atoms with Gasteiger partial charge in [0.05, 0.1) is 0 Å².